The van der Waals surface area contributed by atoms with Crippen LogP contribution in [0, 0.1) is 0 Å². The molecule has 0 saturated carbocycles. The summed E-state index contributed by atoms with van der Waals surface area (Å²) in [6.45, 7) is 1.40. The summed E-state index contributed by atoms with van der Waals surface area (Å²) in [6.07, 6.45) is 1.58. The Morgan fingerprint density at radius 1 is 1.50 bits per heavy atom. The molecule has 116 valence electrons. The number of methoxy groups -OCH3 is 1. The Bertz CT molecular complexity index is 686. The third kappa shape index (κ3) is 3.07. The number of ether oxygens (including phenoxy) is 1. The van der Waals surface area contributed by atoms with Crippen LogP contribution in [0.5, 0.6) is 11.5 Å². The zero-order valence-electron chi connectivity index (χ0n) is 11.8. The van der Waals surface area contributed by atoms with E-state index < -0.39 is 17.9 Å². The molecular weight excluding hydrogens is 326 g/mol. The third-order valence-electron chi connectivity index (χ3n) is 3.07. The molecule has 1 unspecified atom stereocenters. The lowest BCUT2D eigenvalue weighted by molar-refractivity contribution is -0.144. The van der Waals surface area contributed by atoms with Gasteiger partial charge in [-0.25, -0.2) is 4.79 Å². The van der Waals surface area contributed by atoms with Crippen LogP contribution in [0.1, 0.15) is 12.5 Å². The van der Waals surface area contributed by atoms with E-state index in [1.807, 2.05) is 0 Å². The first-order chi connectivity index (χ1) is 10.3. The summed E-state index contributed by atoms with van der Waals surface area (Å²) in [4.78, 5) is 24.7. The number of phenols is 1. The van der Waals surface area contributed by atoms with Crippen molar-refractivity contribution in [1.29, 1.82) is 0 Å². The number of phenolic OH excluding ortho intramolecular Hbond substituents is 1. The second-order valence-corrected chi connectivity index (χ2v) is 6.17. The second-order valence-electron chi connectivity index (χ2n) is 4.50. The van der Waals surface area contributed by atoms with Crippen molar-refractivity contribution in [3.8, 4) is 11.5 Å². The first-order valence-corrected chi connectivity index (χ1v) is 7.44. The van der Waals surface area contributed by atoms with Gasteiger partial charge in [0.2, 0.25) is 0 Å². The second kappa shape index (κ2) is 6.37. The number of nitrogens with zero attached hydrogens (tertiary/aromatic N) is 1. The van der Waals surface area contributed by atoms with Gasteiger partial charge < -0.3 is 14.9 Å². The largest absolute Gasteiger partial charge is 0.504 e. The van der Waals surface area contributed by atoms with Crippen LogP contribution >= 0.6 is 24.0 Å². The van der Waals surface area contributed by atoms with Crippen LogP contribution in [0.2, 0.25) is 0 Å². The van der Waals surface area contributed by atoms with Gasteiger partial charge in [-0.3, -0.25) is 9.69 Å². The standard InChI is InChI=1S/C14H13NO5S2/c1-7(13(18)19)15-12(17)11(22-14(15)21)6-8-3-4-9(16)10(5-8)20-2/h3-7,16H,1-2H3,(H,18,19)/b11-6+. The number of carbonyl (C=O) groups excluding carboxylic acids is 1. The molecule has 0 spiro atoms. The number of aromatic hydroxyl groups is 1. The number of carboxylic acid groups (broad SMARTS) is 1. The number of rotatable bonds is 4. The van der Waals surface area contributed by atoms with Crippen LogP contribution in [0.25, 0.3) is 6.08 Å². The molecule has 2 N–H and O–H groups in total. The van der Waals surface area contributed by atoms with Crippen LogP contribution in [0.4, 0.5) is 0 Å². The molecule has 1 saturated heterocycles. The van der Waals surface area contributed by atoms with E-state index in [2.05, 4.69) is 0 Å². The van der Waals surface area contributed by atoms with Crippen molar-refractivity contribution in [3.63, 3.8) is 0 Å². The highest BCUT2D eigenvalue weighted by atomic mass is 32.2. The predicted octanol–water partition coefficient (Wildman–Crippen LogP) is 2.08. The molecule has 1 aromatic rings. The summed E-state index contributed by atoms with van der Waals surface area (Å²) < 4.78 is 5.21. The summed E-state index contributed by atoms with van der Waals surface area (Å²) in [7, 11) is 1.42. The predicted molar refractivity (Wildman–Crippen MR) is 86.8 cm³/mol. The van der Waals surface area contributed by atoms with E-state index in [4.69, 9.17) is 22.1 Å². The van der Waals surface area contributed by atoms with Crippen LogP contribution < -0.4 is 4.74 Å². The van der Waals surface area contributed by atoms with Crippen molar-refractivity contribution < 1.29 is 24.5 Å². The molecule has 22 heavy (non-hydrogen) atoms. The lowest BCUT2D eigenvalue weighted by Crippen LogP contribution is -2.41. The van der Waals surface area contributed by atoms with E-state index in [0.717, 1.165) is 16.7 Å². The quantitative estimate of drug-likeness (QED) is 0.641. The van der Waals surface area contributed by atoms with Crippen molar-refractivity contribution in [1.82, 2.24) is 4.90 Å². The minimum absolute atomic E-state index is 0.00769. The maximum Gasteiger partial charge on any atom is 0.326 e. The van der Waals surface area contributed by atoms with Gasteiger partial charge in [-0.15, -0.1) is 0 Å². The molecule has 1 fully saturated rings. The Kier molecular flexibility index (Phi) is 4.72. The molecule has 1 aliphatic heterocycles. The van der Waals surface area contributed by atoms with E-state index >= 15 is 0 Å². The molecule has 0 radical (unpaired) electrons. The number of carboxylic acids is 1. The fraction of sp³-hybridized carbons (Fsp3) is 0.214. The van der Waals surface area contributed by atoms with E-state index in [0.29, 0.717) is 10.5 Å². The molecule has 8 heteroatoms. The highest BCUT2D eigenvalue weighted by molar-refractivity contribution is 8.26. The number of carbonyl (C=O) groups is 2. The average Bonchev–Trinajstić information content (AvgIpc) is 2.74. The molecule has 6 nitrogen and oxygen atoms in total. The molecule has 1 aliphatic rings. The average molecular weight is 339 g/mol. The zero-order valence-corrected chi connectivity index (χ0v) is 13.4. The number of hydrogen-bond acceptors (Lipinski definition) is 6. The summed E-state index contributed by atoms with van der Waals surface area (Å²) in [6, 6.07) is 3.62. The Hall–Kier alpha value is -2.06. The minimum atomic E-state index is -1.12. The van der Waals surface area contributed by atoms with Crippen LogP contribution in [0.3, 0.4) is 0 Å². The van der Waals surface area contributed by atoms with Gasteiger partial charge in [0.25, 0.3) is 5.91 Å². The first kappa shape index (κ1) is 16.3. The fourth-order valence-electron chi connectivity index (χ4n) is 1.86. The molecule has 0 bridgehead atoms. The number of thiocarbonyl (C=S) groups is 1. The first-order valence-electron chi connectivity index (χ1n) is 6.22. The van der Waals surface area contributed by atoms with Gasteiger partial charge >= 0.3 is 5.97 Å². The van der Waals surface area contributed by atoms with Crippen molar-refractivity contribution in [2.45, 2.75) is 13.0 Å². The lowest BCUT2D eigenvalue weighted by Gasteiger charge is -2.18. The van der Waals surface area contributed by atoms with Crippen LogP contribution in [-0.4, -0.2) is 44.5 Å². The smallest absolute Gasteiger partial charge is 0.326 e. The van der Waals surface area contributed by atoms with Gasteiger partial charge in [-0.2, -0.15) is 0 Å². The van der Waals surface area contributed by atoms with E-state index in [1.54, 1.807) is 18.2 Å². The Morgan fingerprint density at radius 2 is 2.18 bits per heavy atom. The molecule has 0 aromatic heterocycles. The van der Waals surface area contributed by atoms with Crippen molar-refractivity contribution in [2.75, 3.05) is 7.11 Å². The molecular formula is C14H13NO5S2. The molecule has 0 aliphatic carbocycles. The third-order valence-corrected chi connectivity index (χ3v) is 4.40. The normalized spacial score (nSPS) is 17.9. The monoisotopic (exact) mass is 339 g/mol. The van der Waals surface area contributed by atoms with Gasteiger partial charge in [0.1, 0.15) is 10.4 Å². The van der Waals surface area contributed by atoms with Crippen LogP contribution in [-0.2, 0) is 9.59 Å². The molecule has 1 heterocycles. The Morgan fingerprint density at radius 3 is 2.77 bits per heavy atom. The van der Waals surface area contributed by atoms with Crippen molar-refractivity contribution >= 4 is 46.3 Å². The number of aliphatic carboxylic acids is 1. The van der Waals surface area contributed by atoms with Gasteiger partial charge in [0.15, 0.2) is 11.5 Å². The maximum absolute atomic E-state index is 12.3. The molecule has 2 rings (SSSR count). The highest BCUT2D eigenvalue weighted by Crippen LogP contribution is 2.35. The lowest BCUT2D eigenvalue weighted by atomic mass is 10.2. The topological polar surface area (TPSA) is 87.1 Å². The van der Waals surface area contributed by atoms with Crippen LogP contribution in [0.15, 0.2) is 23.1 Å². The molecule has 1 aromatic carbocycles. The van der Waals surface area contributed by atoms with E-state index in [1.165, 1.54) is 20.1 Å². The number of thioether (sulfide) groups is 1. The number of hydrogen-bond donors (Lipinski definition) is 2. The van der Waals surface area contributed by atoms with Crippen molar-refractivity contribution in [3.05, 3.63) is 28.7 Å². The fourth-order valence-corrected chi connectivity index (χ4v) is 3.28. The summed E-state index contributed by atoms with van der Waals surface area (Å²) in [5, 5.41) is 18.6. The Labute approximate surface area is 136 Å². The minimum Gasteiger partial charge on any atom is -0.504 e. The zero-order chi connectivity index (χ0) is 16.4. The summed E-state index contributed by atoms with van der Waals surface area (Å²) in [5.74, 6) is -1.30. The van der Waals surface area contributed by atoms with Gasteiger partial charge in [0.05, 0.1) is 12.0 Å². The van der Waals surface area contributed by atoms with Gasteiger partial charge in [-0.1, -0.05) is 30.0 Å². The van der Waals surface area contributed by atoms with Gasteiger partial charge in [-0.05, 0) is 30.7 Å². The number of amides is 1. The maximum atomic E-state index is 12.3. The van der Waals surface area contributed by atoms with Crippen molar-refractivity contribution in [2.24, 2.45) is 0 Å². The van der Waals surface area contributed by atoms with E-state index in [9.17, 15) is 14.7 Å². The molecule has 1 amide bonds. The summed E-state index contributed by atoms with van der Waals surface area (Å²) in [5.41, 5.74) is 0.637. The molecule has 1 atom stereocenters. The Balaban J connectivity index is 2.32. The van der Waals surface area contributed by atoms with Gasteiger partial charge in [0, 0.05) is 0 Å². The SMILES string of the molecule is COc1cc(/C=C2/SC(=S)N(C(C)C(=O)O)C2=O)ccc1O. The number of benzene rings is 1. The van der Waals surface area contributed by atoms with E-state index in [-0.39, 0.29) is 15.8 Å². The summed E-state index contributed by atoms with van der Waals surface area (Å²) >= 11 is 6.12. The highest BCUT2D eigenvalue weighted by Gasteiger charge is 2.38.